The molecule has 0 bridgehead atoms. The molecule has 1 fully saturated rings. The zero-order valence-corrected chi connectivity index (χ0v) is 16.7. The van der Waals surface area contributed by atoms with Crippen molar-refractivity contribution in [3.8, 4) is 11.5 Å². The monoisotopic (exact) mass is 405 g/mol. The fourth-order valence-electron chi connectivity index (χ4n) is 3.07. The van der Waals surface area contributed by atoms with E-state index < -0.39 is 16.0 Å². The Bertz CT molecular complexity index is 951. The van der Waals surface area contributed by atoms with Gasteiger partial charge >= 0.3 is 5.97 Å². The average Bonchev–Trinajstić information content (AvgIpc) is 3.27. The lowest BCUT2D eigenvalue weighted by Gasteiger charge is -2.18. The van der Waals surface area contributed by atoms with Crippen LogP contribution in [0.1, 0.15) is 28.8 Å². The highest BCUT2D eigenvalue weighted by molar-refractivity contribution is 7.89. The number of rotatable bonds is 7. The predicted molar refractivity (Wildman–Crippen MR) is 103 cm³/mol. The van der Waals surface area contributed by atoms with Gasteiger partial charge in [-0.2, -0.15) is 4.31 Å². The van der Waals surface area contributed by atoms with Crippen molar-refractivity contribution in [3.05, 3.63) is 53.6 Å². The van der Waals surface area contributed by atoms with E-state index in [0.29, 0.717) is 18.8 Å². The molecule has 8 heteroatoms. The van der Waals surface area contributed by atoms with E-state index in [0.717, 1.165) is 18.4 Å². The van der Waals surface area contributed by atoms with Crippen molar-refractivity contribution in [2.75, 3.05) is 27.3 Å². The average molecular weight is 405 g/mol. The van der Waals surface area contributed by atoms with Gasteiger partial charge in [-0.3, -0.25) is 0 Å². The molecule has 0 amide bonds. The highest BCUT2D eigenvalue weighted by Gasteiger charge is 2.30. The number of nitrogens with zero attached hydrogens (tertiary/aromatic N) is 1. The summed E-state index contributed by atoms with van der Waals surface area (Å²) in [5.41, 5.74) is 0.924. The lowest BCUT2D eigenvalue weighted by atomic mass is 10.2. The van der Waals surface area contributed by atoms with Crippen LogP contribution in [0.2, 0.25) is 0 Å². The third-order valence-corrected chi connectivity index (χ3v) is 6.51. The minimum absolute atomic E-state index is 0.0206. The van der Waals surface area contributed by atoms with Gasteiger partial charge in [0, 0.05) is 13.1 Å². The number of benzene rings is 2. The van der Waals surface area contributed by atoms with E-state index in [1.54, 1.807) is 25.3 Å². The molecule has 1 aliphatic heterocycles. The van der Waals surface area contributed by atoms with Gasteiger partial charge in [0.1, 0.15) is 23.0 Å². The van der Waals surface area contributed by atoms with Gasteiger partial charge in [-0.05, 0) is 48.7 Å². The third-order valence-electron chi connectivity index (χ3n) is 4.59. The summed E-state index contributed by atoms with van der Waals surface area (Å²) >= 11 is 0. The smallest absolute Gasteiger partial charge is 0.338 e. The predicted octanol–water partition coefficient (Wildman–Crippen LogP) is 2.85. The Labute approximate surface area is 164 Å². The van der Waals surface area contributed by atoms with Gasteiger partial charge in [-0.1, -0.05) is 12.1 Å². The van der Waals surface area contributed by atoms with Gasteiger partial charge in [0.25, 0.3) is 0 Å². The lowest BCUT2D eigenvalue weighted by Crippen LogP contribution is -2.28. The summed E-state index contributed by atoms with van der Waals surface area (Å²) in [5.74, 6) is 0.261. The molecule has 3 rings (SSSR count). The largest absolute Gasteiger partial charge is 0.497 e. The van der Waals surface area contributed by atoms with E-state index >= 15 is 0 Å². The van der Waals surface area contributed by atoms with E-state index in [1.165, 1.54) is 29.6 Å². The molecule has 7 nitrogen and oxygen atoms in total. The highest BCUT2D eigenvalue weighted by Crippen LogP contribution is 2.30. The zero-order chi connectivity index (χ0) is 20.1. The number of methoxy groups -OCH3 is 2. The Balaban J connectivity index is 1.81. The summed E-state index contributed by atoms with van der Waals surface area (Å²) in [5, 5.41) is 0. The Hall–Kier alpha value is -2.58. The van der Waals surface area contributed by atoms with Gasteiger partial charge in [0.05, 0.1) is 19.8 Å². The fraction of sp³-hybridized carbons (Fsp3) is 0.350. The highest BCUT2D eigenvalue weighted by atomic mass is 32.2. The van der Waals surface area contributed by atoms with Gasteiger partial charge in [-0.15, -0.1) is 0 Å². The van der Waals surface area contributed by atoms with Crippen molar-refractivity contribution in [1.82, 2.24) is 4.31 Å². The number of esters is 1. The number of ether oxygens (including phenoxy) is 3. The van der Waals surface area contributed by atoms with Crippen molar-refractivity contribution in [3.63, 3.8) is 0 Å². The second-order valence-corrected chi connectivity index (χ2v) is 8.31. The summed E-state index contributed by atoms with van der Waals surface area (Å²) in [4.78, 5) is 12.4. The summed E-state index contributed by atoms with van der Waals surface area (Å²) in [6.07, 6.45) is 1.65. The molecular formula is C20H23NO6S. The second-order valence-electron chi connectivity index (χ2n) is 6.40. The number of carbonyl (C=O) groups excluding carboxylic acids is 1. The molecule has 28 heavy (non-hydrogen) atoms. The summed E-state index contributed by atoms with van der Waals surface area (Å²) in [6.45, 7) is 0.988. The lowest BCUT2D eigenvalue weighted by molar-refractivity contribution is 0.0472. The summed E-state index contributed by atoms with van der Waals surface area (Å²) in [7, 11) is -0.767. The quantitative estimate of drug-likeness (QED) is 0.659. The molecule has 150 valence electrons. The second kappa shape index (κ2) is 8.62. The van der Waals surface area contributed by atoms with E-state index in [9.17, 15) is 13.2 Å². The van der Waals surface area contributed by atoms with Crippen LogP contribution in [0.15, 0.2) is 47.4 Å². The first-order chi connectivity index (χ1) is 13.5. The van der Waals surface area contributed by atoms with Crippen molar-refractivity contribution in [2.24, 2.45) is 0 Å². The van der Waals surface area contributed by atoms with Crippen molar-refractivity contribution < 1.29 is 27.4 Å². The van der Waals surface area contributed by atoms with Crippen molar-refractivity contribution in [2.45, 2.75) is 24.3 Å². The van der Waals surface area contributed by atoms with E-state index in [4.69, 9.17) is 14.2 Å². The van der Waals surface area contributed by atoms with Crippen LogP contribution in [0.3, 0.4) is 0 Å². The normalized spacial score (nSPS) is 14.6. The number of sulfonamides is 1. The molecule has 0 N–H and O–H groups in total. The molecule has 1 aliphatic rings. The molecule has 0 unspecified atom stereocenters. The minimum Gasteiger partial charge on any atom is -0.497 e. The van der Waals surface area contributed by atoms with Gasteiger partial charge in [0.2, 0.25) is 10.0 Å². The molecule has 0 aliphatic carbocycles. The van der Waals surface area contributed by atoms with Crippen LogP contribution in [0.5, 0.6) is 11.5 Å². The maximum absolute atomic E-state index is 12.9. The number of hydrogen-bond donors (Lipinski definition) is 0. The van der Waals surface area contributed by atoms with Crippen LogP contribution < -0.4 is 9.47 Å². The maximum Gasteiger partial charge on any atom is 0.338 e. The Morgan fingerprint density at radius 2 is 1.79 bits per heavy atom. The summed E-state index contributed by atoms with van der Waals surface area (Å²) in [6, 6.07) is 11.5. The van der Waals surface area contributed by atoms with Crippen LogP contribution in [0, 0.1) is 0 Å². The molecule has 2 aromatic rings. The molecule has 1 saturated heterocycles. The molecule has 0 atom stereocenters. The number of hydrogen-bond acceptors (Lipinski definition) is 6. The first-order valence-electron chi connectivity index (χ1n) is 8.94. The topological polar surface area (TPSA) is 82.1 Å². The molecule has 0 aromatic heterocycles. The third kappa shape index (κ3) is 4.28. The Morgan fingerprint density at radius 1 is 1.04 bits per heavy atom. The Morgan fingerprint density at radius 3 is 2.46 bits per heavy atom. The van der Waals surface area contributed by atoms with Gasteiger partial charge in [-0.25, -0.2) is 13.2 Å². The summed E-state index contributed by atoms with van der Waals surface area (Å²) < 4.78 is 42.9. The van der Waals surface area contributed by atoms with Gasteiger partial charge in [0.15, 0.2) is 0 Å². The molecule has 1 heterocycles. The van der Waals surface area contributed by atoms with Crippen LogP contribution in [0.4, 0.5) is 0 Å². The molecule has 0 radical (unpaired) electrons. The first-order valence-corrected chi connectivity index (χ1v) is 10.4. The number of carbonyl (C=O) groups is 1. The fourth-order valence-corrected chi connectivity index (χ4v) is 4.77. The van der Waals surface area contributed by atoms with E-state index in [1.807, 2.05) is 6.07 Å². The van der Waals surface area contributed by atoms with Crippen LogP contribution >= 0.6 is 0 Å². The van der Waals surface area contributed by atoms with E-state index in [-0.39, 0.29) is 22.8 Å². The molecule has 0 saturated carbocycles. The molecular weight excluding hydrogens is 382 g/mol. The maximum atomic E-state index is 12.9. The van der Waals surface area contributed by atoms with Gasteiger partial charge < -0.3 is 14.2 Å². The van der Waals surface area contributed by atoms with Crippen molar-refractivity contribution >= 4 is 16.0 Å². The zero-order valence-electron chi connectivity index (χ0n) is 15.9. The standard InChI is InChI=1S/C20H23NO6S/c1-25-17-7-5-6-15(12-17)14-27-20(22)16-8-9-18(26-2)19(13-16)28(23,24)21-10-3-4-11-21/h5-9,12-13H,3-4,10-11,14H2,1-2H3. The van der Waals surface area contributed by atoms with E-state index in [2.05, 4.69) is 0 Å². The van der Waals surface area contributed by atoms with Crippen LogP contribution in [0.25, 0.3) is 0 Å². The SMILES string of the molecule is COc1cccc(COC(=O)c2ccc(OC)c(S(=O)(=O)N3CCCC3)c2)c1. The van der Waals surface area contributed by atoms with Crippen molar-refractivity contribution in [1.29, 1.82) is 0 Å². The molecule has 2 aromatic carbocycles. The first kappa shape index (κ1) is 20.2. The minimum atomic E-state index is -3.73. The Kier molecular flexibility index (Phi) is 6.21. The molecule has 0 spiro atoms. The van der Waals surface area contributed by atoms with Crippen LogP contribution in [-0.4, -0.2) is 46.0 Å². The van der Waals surface area contributed by atoms with Crippen LogP contribution in [-0.2, 0) is 21.4 Å².